The second-order valence-corrected chi connectivity index (χ2v) is 7.80. The van der Waals surface area contributed by atoms with Gasteiger partial charge in [-0.15, -0.1) is 0 Å². The number of ether oxygens (including phenoxy) is 1. The molecule has 1 aliphatic heterocycles. The van der Waals surface area contributed by atoms with Gasteiger partial charge in [0.25, 0.3) is 5.56 Å². The van der Waals surface area contributed by atoms with Crippen LogP contribution in [0.2, 0.25) is 0 Å². The van der Waals surface area contributed by atoms with Crippen LogP contribution >= 0.6 is 0 Å². The number of nitrogens with zero attached hydrogens (tertiary/aromatic N) is 2. The SMILES string of the molecule is Cc1nc2cccc(NC(=O)COCC3=CCCC=C3)c2c(=O)n1C1CCC(=O)NC1=O. The van der Waals surface area contributed by atoms with Gasteiger partial charge in [0.15, 0.2) is 0 Å². The Morgan fingerprint density at radius 2 is 2.12 bits per heavy atom. The quantitative estimate of drug-likeness (QED) is 0.668. The van der Waals surface area contributed by atoms with Gasteiger partial charge >= 0.3 is 0 Å². The van der Waals surface area contributed by atoms with Crippen molar-refractivity contribution < 1.29 is 19.1 Å². The van der Waals surface area contributed by atoms with E-state index < -0.39 is 23.4 Å². The minimum Gasteiger partial charge on any atom is -0.367 e. The van der Waals surface area contributed by atoms with Crippen molar-refractivity contribution in [3.05, 3.63) is 58.2 Å². The van der Waals surface area contributed by atoms with Crippen molar-refractivity contribution in [2.24, 2.45) is 0 Å². The largest absolute Gasteiger partial charge is 0.367 e. The Bertz CT molecular complexity index is 1210. The Kier molecular flexibility index (Phi) is 6.27. The summed E-state index contributed by atoms with van der Waals surface area (Å²) in [5.74, 6) is -0.935. The maximum atomic E-state index is 13.4. The van der Waals surface area contributed by atoms with Crippen LogP contribution in [0.3, 0.4) is 0 Å². The fourth-order valence-electron chi connectivity index (χ4n) is 3.98. The predicted octanol–water partition coefficient (Wildman–Crippen LogP) is 1.91. The summed E-state index contributed by atoms with van der Waals surface area (Å²) in [6.45, 7) is 1.81. The number of benzene rings is 1. The first kappa shape index (κ1) is 21.6. The average Bonchev–Trinajstić information content (AvgIpc) is 2.76. The highest BCUT2D eigenvalue weighted by Gasteiger charge is 2.30. The van der Waals surface area contributed by atoms with E-state index >= 15 is 0 Å². The molecule has 9 heteroatoms. The molecule has 0 saturated carbocycles. The second kappa shape index (κ2) is 9.27. The zero-order chi connectivity index (χ0) is 22.7. The van der Waals surface area contributed by atoms with Crippen LogP contribution in [0.15, 0.2) is 46.8 Å². The van der Waals surface area contributed by atoms with Crippen LogP contribution in [0.4, 0.5) is 5.69 Å². The van der Waals surface area contributed by atoms with E-state index in [1.807, 2.05) is 6.08 Å². The van der Waals surface area contributed by atoms with Gasteiger partial charge in [-0.2, -0.15) is 0 Å². The second-order valence-electron chi connectivity index (χ2n) is 7.80. The first-order valence-corrected chi connectivity index (χ1v) is 10.5. The number of anilines is 1. The number of amides is 3. The monoisotopic (exact) mass is 436 g/mol. The maximum absolute atomic E-state index is 13.4. The lowest BCUT2D eigenvalue weighted by molar-refractivity contribution is -0.135. The highest BCUT2D eigenvalue weighted by molar-refractivity contribution is 6.02. The molecule has 1 saturated heterocycles. The van der Waals surface area contributed by atoms with E-state index in [2.05, 4.69) is 27.8 Å². The lowest BCUT2D eigenvalue weighted by Gasteiger charge is -2.24. The van der Waals surface area contributed by atoms with Crippen molar-refractivity contribution in [1.82, 2.24) is 14.9 Å². The Morgan fingerprint density at radius 3 is 2.88 bits per heavy atom. The average molecular weight is 436 g/mol. The van der Waals surface area contributed by atoms with Gasteiger partial charge in [0.05, 0.1) is 23.2 Å². The molecule has 1 aromatic heterocycles. The van der Waals surface area contributed by atoms with Gasteiger partial charge in [0, 0.05) is 6.42 Å². The lowest BCUT2D eigenvalue weighted by Crippen LogP contribution is -2.45. The highest BCUT2D eigenvalue weighted by Crippen LogP contribution is 2.23. The predicted molar refractivity (Wildman–Crippen MR) is 118 cm³/mol. The molecular weight excluding hydrogens is 412 g/mol. The van der Waals surface area contributed by atoms with Crippen molar-refractivity contribution in [2.75, 3.05) is 18.5 Å². The van der Waals surface area contributed by atoms with E-state index in [9.17, 15) is 19.2 Å². The number of aryl methyl sites for hydroxylation is 1. The van der Waals surface area contributed by atoms with Gasteiger partial charge in [-0.25, -0.2) is 4.98 Å². The molecule has 0 spiro atoms. The van der Waals surface area contributed by atoms with Crippen LogP contribution in [0.25, 0.3) is 10.9 Å². The van der Waals surface area contributed by atoms with E-state index in [4.69, 9.17) is 4.74 Å². The molecule has 1 fully saturated rings. The van der Waals surface area contributed by atoms with E-state index in [1.165, 1.54) is 4.57 Å². The molecule has 0 radical (unpaired) electrons. The first-order chi connectivity index (χ1) is 15.4. The van der Waals surface area contributed by atoms with Crippen molar-refractivity contribution in [3.63, 3.8) is 0 Å². The molecule has 1 unspecified atom stereocenters. The fourth-order valence-corrected chi connectivity index (χ4v) is 3.98. The van der Waals surface area contributed by atoms with Crippen molar-refractivity contribution in [1.29, 1.82) is 0 Å². The molecule has 2 aliphatic rings. The van der Waals surface area contributed by atoms with Crippen LogP contribution in [-0.2, 0) is 19.1 Å². The number of carbonyl (C=O) groups excluding carboxylic acids is 3. The Balaban J connectivity index is 1.57. The molecule has 1 atom stereocenters. The number of hydrogen-bond acceptors (Lipinski definition) is 6. The molecule has 2 aromatic rings. The fraction of sp³-hybridized carbons (Fsp3) is 0.348. The summed E-state index contributed by atoms with van der Waals surface area (Å²) >= 11 is 0. The van der Waals surface area contributed by atoms with E-state index in [0.717, 1.165) is 18.4 Å². The minimum absolute atomic E-state index is 0.141. The molecule has 4 rings (SSSR count). The smallest absolute Gasteiger partial charge is 0.264 e. The number of carbonyl (C=O) groups is 3. The number of hydrogen-bond donors (Lipinski definition) is 2. The van der Waals surface area contributed by atoms with Gasteiger partial charge < -0.3 is 10.1 Å². The third-order valence-electron chi connectivity index (χ3n) is 5.48. The molecule has 2 heterocycles. The Morgan fingerprint density at radius 1 is 1.28 bits per heavy atom. The van der Waals surface area contributed by atoms with Crippen LogP contribution in [0.5, 0.6) is 0 Å². The lowest BCUT2D eigenvalue weighted by atomic mass is 10.1. The topological polar surface area (TPSA) is 119 Å². The first-order valence-electron chi connectivity index (χ1n) is 10.5. The standard InChI is InChI=1S/C23H24N4O5/c1-14-24-16-8-5-9-17(25-20(29)13-32-12-15-6-3-2-4-7-15)21(16)23(31)27(14)18-10-11-19(28)26-22(18)30/h3,5-9,18H,2,4,10-13H2,1H3,(H,25,29)(H,26,28,30). The zero-order valence-electron chi connectivity index (χ0n) is 17.7. The van der Waals surface area contributed by atoms with Crippen molar-refractivity contribution in [2.45, 2.75) is 38.6 Å². The number of allylic oxidation sites excluding steroid dienone is 2. The number of aromatic nitrogens is 2. The highest BCUT2D eigenvalue weighted by atomic mass is 16.5. The van der Waals surface area contributed by atoms with Crippen LogP contribution in [-0.4, -0.2) is 40.5 Å². The number of piperidine rings is 1. The van der Waals surface area contributed by atoms with E-state index in [1.54, 1.807) is 25.1 Å². The molecule has 2 N–H and O–H groups in total. The minimum atomic E-state index is -0.832. The molecule has 1 aromatic carbocycles. The van der Waals surface area contributed by atoms with Crippen LogP contribution in [0.1, 0.15) is 37.5 Å². The molecule has 166 valence electrons. The molecule has 1 aliphatic carbocycles. The number of imide groups is 1. The molecule has 0 bridgehead atoms. The number of rotatable bonds is 6. The van der Waals surface area contributed by atoms with Gasteiger partial charge in [-0.3, -0.25) is 29.1 Å². The summed E-state index contributed by atoms with van der Waals surface area (Å²) in [7, 11) is 0. The summed E-state index contributed by atoms with van der Waals surface area (Å²) in [5.41, 5.74) is 1.29. The third kappa shape index (κ3) is 4.52. The normalized spacial score (nSPS) is 18.4. The maximum Gasteiger partial charge on any atom is 0.264 e. The van der Waals surface area contributed by atoms with E-state index in [-0.39, 0.29) is 30.7 Å². The Hall–Kier alpha value is -3.59. The summed E-state index contributed by atoms with van der Waals surface area (Å²) in [6, 6.07) is 4.14. The Labute approximate surface area is 184 Å². The van der Waals surface area contributed by atoms with Crippen LogP contribution in [0, 0.1) is 6.92 Å². The van der Waals surface area contributed by atoms with Gasteiger partial charge in [0.1, 0.15) is 18.5 Å². The summed E-state index contributed by atoms with van der Waals surface area (Å²) in [6.07, 6.45) is 8.45. The van der Waals surface area contributed by atoms with Crippen molar-refractivity contribution in [3.8, 4) is 0 Å². The summed E-state index contributed by atoms with van der Waals surface area (Å²) in [5, 5.41) is 5.19. The van der Waals surface area contributed by atoms with Crippen molar-refractivity contribution >= 4 is 34.3 Å². The van der Waals surface area contributed by atoms with Crippen LogP contribution < -0.4 is 16.2 Å². The zero-order valence-corrected chi connectivity index (χ0v) is 17.7. The summed E-state index contributed by atoms with van der Waals surface area (Å²) < 4.78 is 6.79. The summed E-state index contributed by atoms with van der Waals surface area (Å²) in [4.78, 5) is 54.1. The molecule has 9 nitrogen and oxygen atoms in total. The molecule has 32 heavy (non-hydrogen) atoms. The number of nitrogens with one attached hydrogen (secondary N) is 2. The van der Waals surface area contributed by atoms with Gasteiger partial charge in [-0.05, 0) is 43.9 Å². The third-order valence-corrected chi connectivity index (χ3v) is 5.48. The molecule has 3 amide bonds. The number of fused-ring (bicyclic) bond motifs is 1. The van der Waals surface area contributed by atoms with E-state index in [0.29, 0.717) is 23.6 Å². The van der Waals surface area contributed by atoms with Gasteiger partial charge in [-0.1, -0.05) is 24.3 Å². The molecular formula is C23H24N4O5. The van der Waals surface area contributed by atoms with Gasteiger partial charge in [0.2, 0.25) is 17.7 Å².